The molecule has 4 aromatic rings. The van der Waals surface area contributed by atoms with Crippen molar-refractivity contribution in [2.45, 2.75) is 45.1 Å². The number of ether oxygens (including phenoxy) is 1. The molecule has 0 radical (unpaired) electrons. The lowest BCUT2D eigenvalue weighted by atomic mass is 9.82. The van der Waals surface area contributed by atoms with E-state index in [0.29, 0.717) is 24.2 Å². The Hall–Kier alpha value is -3.42. The van der Waals surface area contributed by atoms with E-state index in [4.69, 9.17) is 9.15 Å². The van der Waals surface area contributed by atoms with Crippen molar-refractivity contribution in [2.24, 2.45) is 13.0 Å². The van der Waals surface area contributed by atoms with Gasteiger partial charge < -0.3 is 9.15 Å². The van der Waals surface area contributed by atoms with Crippen LogP contribution in [0.5, 0.6) is 5.75 Å². The van der Waals surface area contributed by atoms with Gasteiger partial charge in [0.1, 0.15) is 5.75 Å². The Morgan fingerprint density at radius 3 is 2.62 bits per heavy atom. The highest BCUT2D eigenvalue weighted by atomic mass is 16.5. The fourth-order valence-electron chi connectivity index (χ4n) is 4.65. The van der Waals surface area contributed by atoms with Gasteiger partial charge in [-0.15, -0.1) is 10.2 Å². The molecule has 1 aliphatic rings. The van der Waals surface area contributed by atoms with Crippen LogP contribution in [0, 0.1) is 12.8 Å². The normalized spacial score (nSPS) is 18.8. The predicted molar refractivity (Wildman–Crippen MR) is 121 cm³/mol. The van der Waals surface area contributed by atoms with E-state index in [1.54, 1.807) is 17.9 Å². The van der Waals surface area contributed by atoms with Gasteiger partial charge in [-0.1, -0.05) is 0 Å². The van der Waals surface area contributed by atoms with Crippen LogP contribution in [-0.2, 0) is 13.6 Å². The van der Waals surface area contributed by atoms with Gasteiger partial charge in [-0.3, -0.25) is 14.1 Å². The van der Waals surface area contributed by atoms with Crippen LogP contribution < -0.4 is 10.4 Å². The van der Waals surface area contributed by atoms with E-state index in [0.717, 1.165) is 53.7 Å². The summed E-state index contributed by atoms with van der Waals surface area (Å²) in [6.45, 7) is 2.66. The molecule has 1 saturated carbocycles. The minimum atomic E-state index is 0.0172. The van der Waals surface area contributed by atoms with E-state index in [1.165, 1.54) is 0 Å². The summed E-state index contributed by atoms with van der Waals surface area (Å²) >= 11 is 0. The van der Waals surface area contributed by atoms with Gasteiger partial charge in [0.2, 0.25) is 11.8 Å². The second-order valence-corrected chi connectivity index (χ2v) is 8.66. The number of aryl methyl sites for hydroxylation is 2. The molecule has 1 fully saturated rings. The van der Waals surface area contributed by atoms with Crippen LogP contribution in [-0.4, -0.2) is 31.4 Å². The largest absolute Gasteiger partial charge is 0.497 e. The van der Waals surface area contributed by atoms with E-state index >= 15 is 0 Å². The van der Waals surface area contributed by atoms with Crippen molar-refractivity contribution in [3.05, 3.63) is 58.6 Å². The summed E-state index contributed by atoms with van der Waals surface area (Å²) in [5, 5.41) is 8.53. The van der Waals surface area contributed by atoms with Gasteiger partial charge in [0.25, 0.3) is 0 Å². The number of aromatic nitrogens is 5. The van der Waals surface area contributed by atoms with E-state index < -0.39 is 0 Å². The molecular formula is C24H27N5O3. The molecule has 3 heterocycles. The Morgan fingerprint density at radius 1 is 1.09 bits per heavy atom. The number of methoxy groups -OCH3 is 1. The average molecular weight is 434 g/mol. The SMILES string of the molecule is COc1ccc2c(c1)n(CC1CCC(c3nnc(-c4ccc(C)nc4)o3)CC1)c(=O)n2C. The number of rotatable bonds is 5. The van der Waals surface area contributed by atoms with Gasteiger partial charge in [-0.25, -0.2) is 4.79 Å². The molecule has 0 atom stereocenters. The van der Waals surface area contributed by atoms with Crippen LogP contribution in [0.25, 0.3) is 22.5 Å². The molecule has 0 bridgehead atoms. The third-order valence-electron chi connectivity index (χ3n) is 6.59. The Bertz CT molecular complexity index is 1290. The molecule has 166 valence electrons. The highest BCUT2D eigenvalue weighted by Gasteiger charge is 2.27. The lowest BCUT2D eigenvalue weighted by Gasteiger charge is -2.26. The van der Waals surface area contributed by atoms with Gasteiger partial charge in [0, 0.05) is 37.5 Å². The van der Waals surface area contributed by atoms with Gasteiger partial charge in [-0.05, 0) is 62.8 Å². The number of fused-ring (bicyclic) bond motifs is 1. The molecule has 0 aliphatic heterocycles. The smallest absolute Gasteiger partial charge is 0.328 e. The number of hydrogen-bond acceptors (Lipinski definition) is 6. The van der Waals surface area contributed by atoms with Crippen molar-refractivity contribution in [2.75, 3.05) is 7.11 Å². The third-order valence-corrected chi connectivity index (χ3v) is 6.59. The molecule has 8 nitrogen and oxygen atoms in total. The Morgan fingerprint density at radius 2 is 1.91 bits per heavy atom. The summed E-state index contributed by atoms with van der Waals surface area (Å²) in [6.07, 6.45) is 5.74. The number of nitrogens with zero attached hydrogens (tertiary/aromatic N) is 5. The molecule has 8 heteroatoms. The molecule has 0 amide bonds. The molecule has 1 aromatic carbocycles. The van der Waals surface area contributed by atoms with Gasteiger partial charge in [-0.2, -0.15) is 0 Å². The molecule has 3 aromatic heterocycles. The summed E-state index contributed by atoms with van der Waals surface area (Å²) in [5.41, 5.74) is 3.66. The highest BCUT2D eigenvalue weighted by Crippen LogP contribution is 2.37. The minimum absolute atomic E-state index is 0.0172. The summed E-state index contributed by atoms with van der Waals surface area (Å²) < 4.78 is 14.9. The zero-order valence-electron chi connectivity index (χ0n) is 18.6. The zero-order chi connectivity index (χ0) is 22.2. The van der Waals surface area contributed by atoms with Crippen molar-refractivity contribution in [1.29, 1.82) is 0 Å². The first-order chi connectivity index (χ1) is 15.5. The first-order valence-electron chi connectivity index (χ1n) is 11.0. The van der Waals surface area contributed by atoms with Crippen LogP contribution in [0.4, 0.5) is 0 Å². The summed E-state index contributed by atoms with van der Waals surface area (Å²) in [7, 11) is 3.47. The molecule has 5 rings (SSSR count). The second-order valence-electron chi connectivity index (χ2n) is 8.66. The molecule has 1 aliphatic carbocycles. The quantitative estimate of drug-likeness (QED) is 0.471. The van der Waals surface area contributed by atoms with Gasteiger partial charge in [0.05, 0.1) is 23.7 Å². The second kappa shape index (κ2) is 8.26. The summed E-state index contributed by atoms with van der Waals surface area (Å²) in [4.78, 5) is 17.2. The van der Waals surface area contributed by atoms with Crippen LogP contribution in [0.1, 0.15) is 43.2 Å². The molecule has 0 spiro atoms. The summed E-state index contributed by atoms with van der Waals surface area (Å²) in [6, 6.07) is 9.67. The fraction of sp³-hybridized carbons (Fsp3) is 0.417. The standard InChI is InChI=1S/C24H27N5O3/c1-15-4-7-18(13-25-15)23-27-26-22(32-23)17-8-5-16(6-9-17)14-29-21-12-19(31-3)10-11-20(21)28(2)24(29)30/h4,7,10-13,16-17H,5-6,8-9,14H2,1-3H3. The summed E-state index contributed by atoms with van der Waals surface area (Å²) in [5.74, 6) is 2.67. The molecule has 0 N–H and O–H groups in total. The van der Waals surface area contributed by atoms with E-state index in [1.807, 2.05) is 48.9 Å². The van der Waals surface area contributed by atoms with E-state index in [-0.39, 0.29) is 11.6 Å². The topological polar surface area (TPSA) is 88.0 Å². The number of pyridine rings is 1. The van der Waals surface area contributed by atoms with E-state index in [2.05, 4.69) is 15.2 Å². The maximum atomic E-state index is 12.9. The number of hydrogen-bond donors (Lipinski definition) is 0. The van der Waals surface area contributed by atoms with Crippen molar-refractivity contribution in [3.8, 4) is 17.2 Å². The Balaban J connectivity index is 1.28. The molecule has 0 saturated heterocycles. The molecule has 32 heavy (non-hydrogen) atoms. The van der Waals surface area contributed by atoms with Gasteiger partial charge in [0.15, 0.2) is 0 Å². The van der Waals surface area contributed by atoms with Crippen molar-refractivity contribution in [1.82, 2.24) is 24.3 Å². The van der Waals surface area contributed by atoms with Gasteiger partial charge >= 0.3 is 5.69 Å². The van der Waals surface area contributed by atoms with Crippen molar-refractivity contribution < 1.29 is 9.15 Å². The van der Waals surface area contributed by atoms with Crippen molar-refractivity contribution in [3.63, 3.8) is 0 Å². The molecule has 0 unspecified atom stereocenters. The number of imidazole rings is 1. The van der Waals surface area contributed by atoms with Crippen LogP contribution >= 0.6 is 0 Å². The van der Waals surface area contributed by atoms with E-state index in [9.17, 15) is 4.79 Å². The lowest BCUT2D eigenvalue weighted by molar-refractivity contribution is 0.270. The first-order valence-corrected chi connectivity index (χ1v) is 11.0. The minimum Gasteiger partial charge on any atom is -0.497 e. The zero-order valence-corrected chi connectivity index (χ0v) is 18.6. The fourth-order valence-corrected chi connectivity index (χ4v) is 4.65. The van der Waals surface area contributed by atoms with Crippen LogP contribution in [0.2, 0.25) is 0 Å². The van der Waals surface area contributed by atoms with Crippen LogP contribution in [0.15, 0.2) is 45.7 Å². The lowest BCUT2D eigenvalue weighted by Crippen LogP contribution is -2.27. The Kier molecular flexibility index (Phi) is 5.28. The monoisotopic (exact) mass is 433 g/mol. The first kappa shape index (κ1) is 20.5. The predicted octanol–water partition coefficient (Wildman–Crippen LogP) is 4.08. The highest BCUT2D eigenvalue weighted by molar-refractivity contribution is 5.77. The third kappa shape index (κ3) is 3.70. The maximum absolute atomic E-state index is 12.9. The van der Waals surface area contributed by atoms with Crippen LogP contribution in [0.3, 0.4) is 0 Å². The number of benzene rings is 1. The average Bonchev–Trinajstić information content (AvgIpc) is 3.40. The molecular weight excluding hydrogens is 406 g/mol. The Labute approximate surface area is 185 Å². The maximum Gasteiger partial charge on any atom is 0.328 e. The van der Waals surface area contributed by atoms with Crippen molar-refractivity contribution >= 4 is 11.0 Å².